The van der Waals surface area contributed by atoms with Crippen molar-refractivity contribution in [1.29, 1.82) is 0 Å². The summed E-state index contributed by atoms with van der Waals surface area (Å²) in [6.07, 6.45) is 3.59. The van der Waals surface area contributed by atoms with Crippen molar-refractivity contribution >= 4 is 21.4 Å². The third-order valence-corrected chi connectivity index (χ3v) is 4.83. The molecule has 21 heavy (non-hydrogen) atoms. The van der Waals surface area contributed by atoms with Gasteiger partial charge >= 0.3 is 0 Å². The van der Waals surface area contributed by atoms with Crippen LogP contribution in [-0.4, -0.2) is 43.1 Å². The van der Waals surface area contributed by atoms with E-state index in [4.69, 9.17) is 5.73 Å². The molecule has 0 radical (unpaired) electrons. The Bertz CT molecular complexity index is 695. The zero-order valence-corrected chi connectivity index (χ0v) is 12.8. The van der Waals surface area contributed by atoms with Crippen LogP contribution in [0.4, 0.5) is 11.4 Å². The SMILES string of the molecule is CN(C)S(=O)(=O)c1ccc(NCCn2cccn2)c(N)c1. The van der Waals surface area contributed by atoms with Crippen LogP contribution < -0.4 is 11.1 Å². The molecule has 0 atom stereocenters. The second kappa shape index (κ2) is 6.15. The Kier molecular flexibility index (Phi) is 4.49. The van der Waals surface area contributed by atoms with E-state index in [-0.39, 0.29) is 4.90 Å². The maximum atomic E-state index is 12.0. The summed E-state index contributed by atoms with van der Waals surface area (Å²) >= 11 is 0. The van der Waals surface area contributed by atoms with Crippen molar-refractivity contribution in [2.75, 3.05) is 31.7 Å². The second-order valence-electron chi connectivity index (χ2n) is 4.73. The van der Waals surface area contributed by atoms with E-state index in [1.807, 2.05) is 12.3 Å². The molecule has 0 fully saturated rings. The third kappa shape index (κ3) is 3.53. The molecule has 114 valence electrons. The molecule has 2 rings (SSSR count). The van der Waals surface area contributed by atoms with Crippen LogP contribution in [0.5, 0.6) is 0 Å². The van der Waals surface area contributed by atoms with Crippen LogP contribution >= 0.6 is 0 Å². The van der Waals surface area contributed by atoms with Crippen LogP contribution in [-0.2, 0) is 16.6 Å². The minimum absolute atomic E-state index is 0.183. The highest BCUT2D eigenvalue weighted by Gasteiger charge is 2.17. The first-order valence-corrected chi connectivity index (χ1v) is 7.88. The fourth-order valence-corrected chi connectivity index (χ4v) is 2.75. The van der Waals surface area contributed by atoms with Crippen molar-refractivity contribution < 1.29 is 8.42 Å². The van der Waals surface area contributed by atoms with Gasteiger partial charge in [0.2, 0.25) is 10.0 Å². The molecule has 0 amide bonds. The van der Waals surface area contributed by atoms with Crippen molar-refractivity contribution in [2.24, 2.45) is 0 Å². The predicted molar refractivity (Wildman–Crippen MR) is 82.4 cm³/mol. The lowest BCUT2D eigenvalue weighted by atomic mass is 10.2. The highest BCUT2D eigenvalue weighted by Crippen LogP contribution is 2.23. The van der Waals surface area contributed by atoms with Gasteiger partial charge in [-0.1, -0.05) is 0 Å². The number of nitrogens with zero attached hydrogens (tertiary/aromatic N) is 3. The Morgan fingerprint density at radius 1 is 1.38 bits per heavy atom. The molecular formula is C13H19N5O2S. The average Bonchev–Trinajstić information content (AvgIpc) is 2.93. The molecule has 7 nitrogen and oxygen atoms in total. The maximum absolute atomic E-state index is 12.0. The molecule has 3 N–H and O–H groups in total. The van der Waals surface area contributed by atoms with Crippen LogP contribution in [0.1, 0.15) is 0 Å². The van der Waals surface area contributed by atoms with Gasteiger partial charge in [0.25, 0.3) is 0 Å². The summed E-state index contributed by atoms with van der Waals surface area (Å²) < 4.78 is 27.0. The summed E-state index contributed by atoms with van der Waals surface area (Å²) in [5, 5.41) is 7.26. The summed E-state index contributed by atoms with van der Waals surface area (Å²) in [4.78, 5) is 0.183. The summed E-state index contributed by atoms with van der Waals surface area (Å²) in [7, 11) is -0.485. The maximum Gasteiger partial charge on any atom is 0.242 e. The van der Waals surface area contributed by atoms with Crippen LogP contribution in [0.3, 0.4) is 0 Å². The standard InChI is InChI=1S/C13H19N5O2S/c1-17(2)21(19,20)11-4-5-13(12(14)10-11)15-7-9-18-8-3-6-16-18/h3-6,8,10,15H,7,9,14H2,1-2H3. The van der Waals surface area contributed by atoms with Crippen molar-refractivity contribution in [3.63, 3.8) is 0 Å². The molecule has 0 spiro atoms. The Morgan fingerprint density at radius 3 is 2.71 bits per heavy atom. The molecule has 0 saturated heterocycles. The molecule has 1 aromatic carbocycles. The van der Waals surface area contributed by atoms with E-state index in [9.17, 15) is 8.42 Å². The van der Waals surface area contributed by atoms with E-state index < -0.39 is 10.0 Å². The molecule has 1 aromatic heterocycles. The van der Waals surface area contributed by atoms with Crippen molar-refractivity contribution in [2.45, 2.75) is 11.4 Å². The van der Waals surface area contributed by atoms with Gasteiger partial charge in [-0.05, 0) is 24.3 Å². The molecule has 0 aliphatic carbocycles. The van der Waals surface area contributed by atoms with Gasteiger partial charge in [-0.15, -0.1) is 0 Å². The van der Waals surface area contributed by atoms with Crippen molar-refractivity contribution in [3.8, 4) is 0 Å². The number of hydrogen-bond donors (Lipinski definition) is 2. The number of nitrogen functional groups attached to an aromatic ring is 1. The lowest BCUT2D eigenvalue weighted by Crippen LogP contribution is -2.22. The molecule has 8 heteroatoms. The van der Waals surface area contributed by atoms with Crippen LogP contribution in [0.2, 0.25) is 0 Å². The molecule has 0 aliphatic heterocycles. The Hall–Kier alpha value is -2.06. The molecule has 0 saturated carbocycles. The zero-order chi connectivity index (χ0) is 15.5. The average molecular weight is 309 g/mol. The number of benzene rings is 1. The number of anilines is 2. The van der Waals surface area contributed by atoms with Gasteiger partial charge < -0.3 is 11.1 Å². The van der Waals surface area contributed by atoms with Gasteiger partial charge in [-0.3, -0.25) is 4.68 Å². The normalized spacial score (nSPS) is 11.8. The molecular weight excluding hydrogens is 290 g/mol. The van der Waals surface area contributed by atoms with E-state index >= 15 is 0 Å². The van der Waals surface area contributed by atoms with Gasteiger partial charge in [-0.25, -0.2) is 12.7 Å². The first-order valence-electron chi connectivity index (χ1n) is 6.44. The van der Waals surface area contributed by atoms with Gasteiger partial charge in [0.05, 0.1) is 22.8 Å². The minimum Gasteiger partial charge on any atom is -0.397 e. The Balaban J connectivity index is 2.06. The van der Waals surface area contributed by atoms with Crippen molar-refractivity contribution in [1.82, 2.24) is 14.1 Å². The van der Waals surface area contributed by atoms with E-state index in [1.165, 1.54) is 20.2 Å². The summed E-state index contributed by atoms with van der Waals surface area (Å²) in [6.45, 7) is 1.34. The van der Waals surface area contributed by atoms with Crippen LogP contribution in [0.25, 0.3) is 0 Å². The molecule has 2 aromatic rings. The number of hydrogen-bond acceptors (Lipinski definition) is 5. The topological polar surface area (TPSA) is 93.2 Å². The molecule has 0 unspecified atom stereocenters. The number of nitrogens with one attached hydrogen (secondary N) is 1. The van der Waals surface area contributed by atoms with Crippen LogP contribution in [0, 0.1) is 0 Å². The number of rotatable bonds is 6. The molecule has 0 aliphatic rings. The highest BCUT2D eigenvalue weighted by molar-refractivity contribution is 7.89. The quantitative estimate of drug-likeness (QED) is 0.771. The lowest BCUT2D eigenvalue weighted by molar-refractivity contribution is 0.521. The van der Waals surface area contributed by atoms with Gasteiger partial charge in [0.1, 0.15) is 0 Å². The fourth-order valence-electron chi connectivity index (χ4n) is 1.81. The van der Waals surface area contributed by atoms with E-state index in [2.05, 4.69) is 10.4 Å². The second-order valence-corrected chi connectivity index (χ2v) is 6.88. The summed E-state index contributed by atoms with van der Waals surface area (Å²) in [5.41, 5.74) is 7.02. The summed E-state index contributed by atoms with van der Waals surface area (Å²) in [6, 6.07) is 6.54. The zero-order valence-electron chi connectivity index (χ0n) is 12.0. The van der Waals surface area contributed by atoms with E-state index in [1.54, 1.807) is 23.0 Å². The molecule has 0 bridgehead atoms. The molecule has 1 heterocycles. The van der Waals surface area contributed by atoms with Crippen molar-refractivity contribution in [3.05, 3.63) is 36.7 Å². The third-order valence-electron chi connectivity index (χ3n) is 3.02. The smallest absolute Gasteiger partial charge is 0.242 e. The first kappa shape index (κ1) is 15.3. The number of sulfonamides is 1. The Morgan fingerprint density at radius 2 is 2.14 bits per heavy atom. The largest absolute Gasteiger partial charge is 0.397 e. The van der Waals surface area contributed by atoms with Crippen LogP contribution in [0.15, 0.2) is 41.6 Å². The van der Waals surface area contributed by atoms with Gasteiger partial charge in [0.15, 0.2) is 0 Å². The number of aromatic nitrogens is 2. The fraction of sp³-hybridized carbons (Fsp3) is 0.308. The predicted octanol–water partition coefficient (Wildman–Crippen LogP) is 0.828. The monoisotopic (exact) mass is 309 g/mol. The van der Waals surface area contributed by atoms with Gasteiger partial charge in [-0.2, -0.15) is 5.10 Å². The minimum atomic E-state index is -3.46. The summed E-state index contributed by atoms with van der Waals surface area (Å²) in [5.74, 6) is 0. The first-order chi connectivity index (χ1) is 9.91. The number of nitrogens with two attached hydrogens (primary N) is 1. The van der Waals surface area contributed by atoms with Gasteiger partial charge in [0, 0.05) is 33.0 Å². The van der Waals surface area contributed by atoms with E-state index in [0.717, 1.165) is 4.31 Å². The lowest BCUT2D eigenvalue weighted by Gasteiger charge is -2.14. The Labute approximate surface area is 124 Å². The highest BCUT2D eigenvalue weighted by atomic mass is 32.2. The van der Waals surface area contributed by atoms with E-state index in [0.29, 0.717) is 24.5 Å².